The van der Waals surface area contributed by atoms with Gasteiger partial charge in [-0.05, 0) is 13.3 Å². The number of carboxylic acids is 1. The van der Waals surface area contributed by atoms with Crippen molar-refractivity contribution in [2.45, 2.75) is 78.1 Å². The molecule has 0 aliphatic heterocycles. The Morgan fingerprint density at radius 2 is 1.29 bits per heavy atom. The van der Waals surface area contributed by atoms with Crippen molar-refractivity contribution in [2.75, 3.05) is 21.1 Å². The minimum absolute atomic E-state index is 0.405. The van der Waals surface area contributed by atoms with Crippen LogP contribution in [0.2, 0.25) is 0 Å². The predicted octanol–water partition coefficient (Wildman–Crippen LogP) is 3.64. The number of hydrogen-bond acceptors (Lipinski definition) is 2. The van der Waals surface area contributed by atoms with Gasteiger partial charge in [-0.3, -0.25) is 0 Å². The van der Waals surface area contributed by atoms with E-state index in [1.807, 2.05) is 21.1 Å². The molecule has 0 aliphatic rings. The predicted molar refractivity (Wildman–Crippen MR) is 87.6 cm³/mol. The van der Waals surface area contributed by atoms with Gasteiger partial charge in [0.25, 0.3) is 0 Å². The summed E-state index contributed by atoms with van der Waals surface area (Å²) in [6.07, 6.45) is 12.4. The quantitative estimate of drug-likeness (QED) is 0.313. The summed E-state index contributed by atoms with van der Waals surface area (Å²) in [5.41, 5.74) is 1.39. The Morgan fingerprint density at radius 3 is 1.67 bits per heavy atom. The standard InChI is InChI=1S/C18H35NO2/c1-6-7-8-9-10-11-12-13-14-15-17(19(3,4)5)16(2)18(20)21/h6-15H2,1-5H3/b17-16+. The summed E-state index contributed by atoms with van der Waals surface area (Å²) in [7, 11) is 6.07. The van der Waals surface area contributed by atoms with Crippen molar-refractivity contribution in [1.82, 2.24) is 0 Å². The maximum absolute atomic E-state index is 11.1. The normalized spacial score (nSPS) is 13.2. The number of carboxylic acid groups (broad SMARTS) is 1. The third kappa shape index (κ3) is 9.67. The van der Waals surface area contributed by atoms with Crippen molar-refractivity contribution < 1.29 is 14.4 Å². The molecule has 0 unspecified atom stereocenters. The van der Waals surface area contributed by atoms with Crippen LogP contribution in [0.15, 0.2) is 11.3 Å². The highest BCUT2D eigenvalue weighted by Gasteiger charge is 2.19. The van der Waals surface area contributed by atoms with E-state index >= 15 is 0 Å². The molecule has 0 N–H and O–H groups in total. The topological polar surface area (TPSA) is 40.1 Å². The number of carbonyl (C=O) groups is 1. The van der Waals surface area contributed by atoms with E-state index in [0.29, 0.717) is 10.1 Å². The number of aliphatic carboxylic acids is 1. The summed E-state index contributed by atoms with van der Waals surface area (Å²) in [5, 5.41) is 11.1. The van der Waals surface area contributed by atoms with Gasteiger partial charge in [0.05, 0.1) is 27.1 Å². The largest absolute Gasteiger partial charge is 0.545 e. The molecular formula is C18H35NO2. The number of allylic oxidation sites excluding steroid dienone is 1. The van der Waals surface area contributed by atoms with Gasteiger partial charge in [0, 0.05) is 12.0 Å². The van der Waals surface area contributed by atoms with E-state index in [4.69, 9.17) is 0 Å². The van der Waals surface area contributed by atoms with E-state index in [9.17, 15) is 9.90 Å². The molecule has 0 saturated carbocycles. The summed E-state index contributed by atoms with van der Waals surface area (Å²) in [5.74, 6) is -1.03. The third-order valence-electron chi connectivity index (χ3n) is 4.07. The zero-order valence-corrected chi connectivity index (χ0v) is 14.8. The van der Waals surface area contributed by atoms with Crippen molar-refractivity contribution in [3.8, 4) is 0 Å². The van der Waals surface area contributed by atoms with Gasteiger partial charge >= 0.3 is 0 Å². The molecule has 0 spiro atoms. The van der Waals surface area contributed by atoms with Crippen molar-refractivity contribution >= 4 is 5.97 Å². The Bertz CT molecular complexity index is 327. The van der Waals surface area contributed by atoms with Gasteiger partial charge < -0.3 is 14.4 Å². The third-order valence-corrected chi connectivity index (χ3v) is 4.07. The van der Waals surface area contributed by atoms with Gasteiger partial charge in [-0.2, -0.15) is 0 Å². The molecule has 0 atom stereocenters. The number of nitrogens with zero attached hydrogens (tertiary/aromatic N) is 1. The summed E-state index contributed by atoms with van der Waals surface area (Å²) >= 11 is 0. The van der Waals surface area contributed by atoms with E-state index in [-0.39, 0.29) is 0 Å². The average Bonchev–Trinajstić information content (AvgIpc) is 2.38. The van der Waals surface area contributed by atoms with Gasteiger partial charge in [0.15, 0.2) is 0 Å². The molecule has 124 valence electrons. The SMILES string of the molecule is CCCCCCCCCCC/C(=C(/C)C(=O)[O-])[N+](C)(C)C. The lowest BCUT2D eigenvalue weighted by Gasteiger charge is -2.29. The number of unbranched alkanes of at least 4 members (excludes halogenated alkanes) is 8. The number of hydrogen-bond donors (Lipinski definition) is 0. The first-order valence-corrected chi connectivity index (χ1v) is 8.53. The zero-order valence-electron chi connectivity index (χ0n) is 14.8. The number of rotatable bonds is 12. The molecule has 0 rings (SSSR count). The highest BCUT2D eigenvalue weighted by molar-refractivity contribution is 5.84. The highest BCUT2D eigenvalue weighted by atomic mass is 16.4. The molecule has 21 heavy (non-hydrogen) atoms. The van der Waals surface area contributed by atoms with E-state index in [2.05, 4.69) is 6.92 Å². The lowest BCUT2D eigenvalue weighted by molar-refractivity contribution is -0.833. The van der Waals surface area contributed by atoms with Gasteiger partial charge in [0.1, 0.15) is 5.70 Å². The molecule has 0 aromatic heterocycles. The molecule has 0 aromatic carbocycles. The maximum Gasteiger partial charge on any atom is 0.113 e. The summed E-state index contributed by atoms with van der Waals surface area (Å²) < 4.78 is 0.580. The van der Waals surface area contributed by atoms with E-state index in [1.165, 1.54) is 51.4 Å². The average molecular weight is 297 g/mol. The van der Waals surface area contributed by atoms with Crippen LogP contribution >= 0.6 is 0 Å². The van der Waals surface area contributed by atoms with Crippen LogP contribution in [0.4, 0.5) is 0 Å². The summed E-state index contributed by atoms with van der Waals surface area (Å²) in [4.78, 5) is 11.1. The lowest BCUT2D eigenvalue weighted by Crippen LogP contribution is -2.37. The Hall–Kier alpha value is -0.830. The molecule has 0 aromatic rings. The summed E-state index contributed by atoms with van der Waals surface area (Å²) in [6, 6.07) is 0. The second kappa shape index (κ2) is 10.8. The molecular weight excluding hydrogens is 262 g/mol. The first kappa shape index (κ1) is 20.2. The van der Waals surface area contributed by atoms with Crippen LogP contribution in [0.1, 0.15) is 78.1 Å². The van der Waals surface area contributed by atoms with E-state index < -0.39 is 5.97 Å². The van der Waals surface area contributed by atoms with Crippen LogP contribution in [0.5, 0.6) is 0 Å². The Balaban J connectivity index is 3.97. The van der Waals surface area contributed by atoms with Gasteiger partial charge in [-0.1, -0.05) is 58.3 Å². The van der Waals surface area contributed by atoms with Crippen molar-refractivity contribution in [2.24, 2.45) is 0 Å². The molecule has 3 nitrogen and oxygen atoms in total. The van der Waals surface area contributed by atoms with Crippen LogP contribution in [0.3, 0.4) is 0 Å². The lowest BCUT2D eigenvalue weighted by atomic mass is 10.0. The fraction of sp³-hybridized carbons (Fsp3) is 0.833. The van der Waals surface area contributed by atoms with E-state index in [1.54, 1.807) is 6.92 Å². The van der Waals surface area contributed by atoms with E-state index in [0.717, 1.165) is 18.5 Å². The Kier molecular flexibility index (Phi) is 10.4. The Labute approximate surface area is 131 Å². The van der Waals surface area contributed by atoms with Crippen LogP contribution in [0.25, 0.3) is 0 Å². The first-order valence-electron chi connectivity index (χ1n) is 8.53. The summed E-state index contributed by atoms with van der Waals surface area (Å²) in [6.45, 7) is 3.91. The van der Waals surface area contributed by atoms with Gasteiger partial charge in [0.2, 0.25) is 0 Å². The minimum Gasteiger partial charge on any atom is -0.545 e. The smallest absolute Gasteiger partial charge is 0.113 e. The second-order valence-electron chi connectivity index (χ2n) is 6.95. The highest BCUT2D eigenvalue weighted by Crippen LogP contribution is 2.21. The first-order chi connectivity index (χ1) is 9.80. The molecule has 0 saturated heterocycles. The molecule has 0 amide bonds. The van der Waals surface area contributed by atoms with Gasteiger partial charge in [-0.25, -0.2) is 0 Å². The molecule has 0 fully saturated rings. The number of quaternary nitrogens is 1. The molecule has 0 aliphatic carbocycles. The Morgan fingerprint density at radius 1 is 0.857 bits per heavy atom. The fourth-order valence-corrected chi connectivity index (χ4v) is 2.75. The van der Waals surface area contributed by atoms with Crippen LogP contribution < -0.4 is 5.11 Å². The second-order valence-corrected chi connectivity index (χ2v) is 6.95. The maximum atomic E-state index is 11.1. The monoisotopic (exact) mass is 297 g/mol. The van der Waals surface area contributed by atoms with Crippen molar-refractivity contribution in [3.05, 3.63) is 11.3 Å². The number of carbonyl (C=O) groups excluding carboxylic acids is 1. The van der Waals surface area contributed by atoms with Crippen LogP contribution in [-0.2, 0) is 4.79 Å². The van der Waals surface area contributed by atoms with Crippen LogP contribution in [0, 0.1) is 0 Å². The minimum atomic E-state index is -1.03. The molecule has 0 radical (unpaired) electrons. The van der Waals surface area contributed by atoms with Crippen LogP contribution in [-0.4, -0.2) is 31.6 Å². The molecule has 3 heteroatoms. The van der Waals surface area contributed by atoms with Crippen molar-refractivity contribution in [1.29, 1.82) is 0 Å². The fourth-order valence-electron chi connectivity index (χ4n) is 2.75. The zero-order chi connectivity index (χ0) is 16.3. The molecule has 0 bridgehead atoms. The molecule has 0 heterocycles. The van der Waals surface area contributed by atoms with Gasteiger partial charge in [-0.15, -0.1) is 0 Å². The van der Waals surface area contributed by atoms with Crippen molar-refractivity contribution in [3.63, 3.8) is 0 Å².